The molecule has 4 rings (SSSR count). The number of amides is 1. The molecule has 1 aliphatic carbocycles. The van der Waals surface area contributed by atoms with Crippen molar-refractivity contribution < 1.29 is 14.3 Å². The summed E-state index contributed by atoms with van der Waals surface area (Å²) in [6.45, 7) is 2.08. The van der Waals surface area contributed by atoms with E-state index in [1.54, 1.807) is 17.8 Å². The van der Waals surface area contributed by atoms with E-state index in [-0.39, 0.29) is 11.9 Å². The fraction of sp³-hybridized carbons (Fsp3) is 0.250. The molecule has 1 saturated carbocycles. The van der Waals surface area contributed by atoms with Crippen LogP contribution in [-0.2, 0) is 4.74 Å². The minimum absolute atomic E-state index is 0.299. The Morgan fingerprint density at radius 2 is 2.07 bits per heavy atom. The van der Waals surface area contributed by atoms with E-state index in [1.807, 2.05) is 35.7 Å². The minimum atomic E-state index is -0.379. The lowest BCUT2D eigenvalue weighted by atomic mass is 10.1. The number of hydrogen-bond acceptors (Lipinski definition) is 5. The highest BCUT2D eigenvalue weighted by molar-refractivity contribution is 7.15. The minimum Gasteiger partial charge on any atom is -0.462 e. The molecule has 1 fully saturated rings. The molecule has 0 bridgehead atoms. The normalized spacial score (nSPS) is 13.4. The smallest absolute Gasteiger partial charge is 0.341 e. The Hall–Kier alpha value is -2.93. The van der Waals surface area contributed by atoms with E-state index in [0.717, 1.165) is 24.1 Å². The van der Waals surface area contributed by atoms with Crippen LogP contribution >= 0.6 is 11.3 Å². The molecule has 6 nitrogen and oxygen atoms in total. The van der Waals surface area contributed by atoms with Gasteiger partial charge in [-0.25, -0.2) is 9.48 Å². The van der Waals surface area contributed by atoms with Crippen LogP contribution < -0.4 is 5.32 Å². The number of rotatable bonds is 6. The van der Waals surface area contributed by atoms with E-state index in [2.05, 4.69) is 10.4 Å². The van der Waals surface area contributed by atoms with Gasteiger partial charge in [-0.1, -0.05) is 18.2 Å². The van der Waals surface area contributed by atoms with Crippen molar-refractivity contribution in [3.8, 4) is 5.69 Å². The van der Waals surface area contributed by atoms with Gasteiger partial charge >= 0.3 is 5.97 Å². The second-order valence-corrected chi connectivity index (χ2v) is 7.23. The van der Waals surface area contributed by atoms with E-state index in [4.69, 9.17) is 4.74 Å². The summed E-state index contributed by atoms with van der Waals surface area (Å²) in [5.41, 5.74) is 2.77. The van der Waals surface area contributed by atoms with Crippen molar-refractivity contribution in [1.82, 2.24) is 9.78 Å². The van der Waals surface area contributed by atoms with E-state index in [0.29, 0.717) is 28.7 Å². The molecular weight excluding hydrogens is 362 g/mol. The monoisotopic (exact) mass is 381 g/mol. The van der Waals surface area contributed by atoms with Gasteiger partial charge in [0.25, 0.3) is 5.91 Å². The second-order valence-electron chi connectivity index (χ2n) is 6.35. The average Bonchev–Trinajstić information content (AvgIpc) is 3.25. The van der Waals surface area contributed by atoms with Crippen LogP contribution in [0.2, 0.25) is 0 Å². The molecule has 1 aromatic carbocycles. The number of nitrogens with one attached hydrogen (secondary N) is 1. The number of esters is 1. The van der Waals surface area contributed by atoms with Gasteiger partial charge in [0.05, 0.1) is 29.6 Å². The second kappa shape index (κ2) is 7.36. The van der Waals surface area contributed by atoms with Gasteiger partial charge in [-0.05, 0) is 48.8 Å². The lowest BCUT2D eigenvalue weighted by molar-refractivity contribution is 0.0527. The first-order chi connectivity index (χ1) is 13.2. The molecule has 7 heteroatoms. The van der Waals surface area contributed by atoms with Gasteiger partial charge in [0.1, 0.15) is 5.00 Å². The molecule has 0 atom stereocenters. The van der Waals surface area contributed by atoms with Gasteiger partial charge < -0.3 is 10.1 Å². The van der Waals surface area contributed by atoms with Crippen LogP contribution in [0.25, 0.3) is 5.69 Å². The van der Waals surface area contributed by atoms with Gasteiger partial charge in [-0.3, -0.25) is 4.79 Å². The quantitative estimate of drug-likeness (QED) is 0.648. The first-order valence-corrected chi connectivity index (χ1v) is 9.75. The number of nitrogens with zero attached hydrogens (tertiary/aromatic N) is 2. The van der Waals surface area contributed by atoms with Crippen molar-refractivity contribution >= 4 is 28.2 Å². The topological polar surface area (TPSA) is 73.2 Å². The van der Waals surface area contributed by atoms with Crippen molar-refractivity contribution in [2.24, 2.45) is 0 Å². The van der Waals surface area contributed by atoms with Crippen LogP contribution in [0.5, 0.6) is 0 Å². The predicted octanol–water partition coefficient (Wildman–Crippen LogP) is 4.24. The third-order valence-electron chi connectivity index (χ3n) is 4.41. The molecule has 27 heavy (non-hydrogen) atoms. The highest BCUT2D eigenvalue weighted by Gasteiger charge is 2.32. The fourth-order valence-corrected chi connectivity index (χ4v) is 3.93. The van der Waals surface area contributed by atoms with Crippen LogP contribution in [0, 0.1) is 0 Å². The summed E-state index contributed by atoms with van der Waals surface area (Å²) in [4.78, 5) is 25.1. The molecule has 0 aliphatic heterocycles. The van der Waals surface area contributed by atoms with Gasteiger partial charge in [0, 0.05) is 6.20 Å². The maximum Gasteiger partial charge on any atom is 0.341 e. The molecule has 2 aromatic heterocycles. The Labute approximate surface area is 160 Å². The van der Waals surface area contributed by atoms with Crippen LogP contribution in [-0.4, -0.2) is 28.3 Å². The standard InChI is InChI=1S/C20H19N3O3S/c1-2-26-20(25)17-16(13-8-9-13)12-27-19(17)22-18(24)14-10-21-23(11-14)15-6-4-3-5-7-15/h3-7,10-13H,2,8-9H2,1H3,(H,22,24). The van der Waals surface area contributed by atoms with Crippen molar-refractivity contribution in [3.05, 3.63) is 64.8 Å². The highest BCUT2D eigenvalue weighted by atomic mass is 32.1. The van der Waals surface area contributed by atoms with E-state index >= 15 is 0 Å². The summed E-state index contributed by atoms with van der Waals surface area (Å²) < 4.78 is 6.84. The highest BCUT2D eigenvalue weighted by Crippen LogP contribution is 2.46. The fourth-order valence-electron chi connectivity index (χ4n) is 2.91. The van der Waals surface area contributed by atoms with E-state index in [1.165, 1.54) is 17.5 Å². The first kappa shape index (κ1) is 17.5. The van der Waals surface area contributed by atoms with Crippen molar-refractivity contribution in [3.63, 3.8) is 0 Å². The molecule has 0 radical (unpaired) electrons. The molecule has 0 spiro atoms. The summed E-state index contributed by atoms with van der Waals surface area (Å²) in [5, 5.41) is 9.59. The van der Waals surface area contributed by atoms with Crippen molar-refractivity contribution in [2.45, 2.75) is 25.7 Å². The van der Waals surface area contributed by atoms with Crippen LogP contribution in [0.15, 0.2) is 48.1 Å². The number of hydrogen-bond donors (Lipinski definition) is 1. The SMILES string of the molecule is CCOC(=O)c1c(C2CC2)csc1NC(=O)c1cnn(-c2ccccc2)c1. The zero-order valence-electron chi connectivity index (χ0n) is 14.8. The summed E-state index contributed by atoms with van der Waals surface area (Å²) in [7, 11) is 0. The molecule has 3 aromatic rings. The van der Waals surface area contributed by atoms with Crippen molar-refractivity contribution in [1.29, 1.82) is 0 Å². The molecule has 138 valence electrons. The number of benzene rings is 1. The van der Waals surface area contributed by atoms with Crippen LogP contribution in [0.4, 0.5) is 5.00 Å². The number of aromatic nitrogens is 2. The van der Waals surface area contributed by atoms with E-state index < -0.39 is 0 Å². The molecule has 1 amide bonds. The number of carbonyl (C=O) groups is 2. The van der Waals surface area contributed by atoms with E-state index in [9.17, 15) is 9.59 Å². The number of carbonyl (C=O) groups excluding carboxylic acids is 2. The van der Waals surface area contributed by atoms with Crippen LogP contribution in [0.3, 0.4) is 0 Å². The van der Waals surface area contributed by atoms with Gasteiger partial charge in [-0.2, -0.15) is 5.10 Å². The Morgan fingerprint density at radius 3 is 2.78 bits per heavy atom. The van der Waals surface area contributed by atoms with Gasteiger partial charge in [0.15, 0.2) is 0 Å². The number of ether oxygens (including phenoxy) is 1. The Kier molecular flexibility index (Phi) is 4.77. The van der Waals surface area contributed by atoms with Gasteiger partial charge in [-0.15, -0.1) is 11.3 Å². The zero-order valence-corrected chi connectivity index (χ0v) is 15.7. The van der Waals surface area contributed by atoms with Gasteiger partial charge in [0.2, 0.25) is 0 Å². The summed E-state index contributed by atoms with van der Waals surface area (Å²) in [6.07, 6.45) is 5.33. The Balaban J connectivity index is 1.57. The molecule has 1 aliphatic rings. The van der Waals surface area contributed by atoms with Crippen LogP contribution in [0.1, 0.15) is 52.0 Å². The van der Waals surface area contributed by atoms with Crippen molar-refractivity contribution in [2.75, 3.05) is 11.9 Å². The summed E-state index contributed by atoms with van der Waals surface area (Å²) in [5.74, 6) is -0.282. The third-order valence-corrected chi connectivity index (χ3v) is 5.32. The largest absolute Gasteiger partial charge is 0.462 e. The maximum absolute atomic E-state index is 12.7. The predicted molar refractivity (Wildman–Crippen MR) is 104 cm³/mol. The third kappa shape index (κ3) is 3.64. The summed E-state index contributed by atoms with van der Waals surface area (Å²) in [6, 6.07) is 9.57. The zero-order chi connectivity index (χ0) is 18.8. The Bertz CT molecular complexity index is 974. The first-order valence-electron chi connectivity index (χ1n) is 8.87. The lowest BCUT2D eigenvalue weighted by Crippen LogP contribution is -2.14. The molecular formula is C20H19N3O3S. The molecule has 1 N–H and O–H groups in total. The molecule has 0 saturated heterocycles. The number of thiophene rings is 1. The maximum atomic E-state index is 12.7. The lowest BCUT2D eigenvalue weighted by Gasteiger charge is -2.07. The number of para-hydroxylation sites is 1. The Morgan fingerprint density at radius 1 is 1.30 bits per heavy atom. The average molecular weight is 381 g/mol. The molecule has 0 unspecified atom stereocenters. The summed E-state index contributed by atoms with van der Waals surface area (Å²) >= 11 is 1.36. The molecule has 2 heterocycles. The number of anilines is 1.